The second-order valence-corrected chi connectivity index (χ2v) is 17.8. The first-order valence-electron chi connectivity index (χ1n) is 18.2. The summed E-state index contributed by atoms with van der Waals surface area (Å²) in [4.78, 5) is 38.7. The molecule has 2 aliphatic carbocycles. The molecule has 2 N–H and O–H groups in total. The van der Waals surface area contributed by atoms with Gasteiger partial charge in [0.1, 0.15) is 11.5 Å². The molecular formula is C40H43N7O5S2. The molecule has 3 aliphatic rings. The number of sulfonamides is 1. The number of hydrogen-bond acceptors (Lipinski definition) is 10. The fraction of sp³-hybridized carbons (Fsp3) is 0.375. The van der Waals surface area contributed by atoms with Crippen LogP contribution in [0.5, 0.6) is 0 Å². The minimum atomic E-state index is -3.89. The quantitative estimate of drug-likeness (QED) is 0.167. The number of nitrogens with one attached hydrogen (secondary N) is 2. The normalized spacial score (nSPS) is 20.9. The Kier molecular flexibility index (Phi) is 9.08. The molecule has 0 saturated heterocycles. The average molecular weight is 766 g/mol. The molecule has 0 radical (unpaired) electrons. The van der Waals surface area contributed by atoms with E-state index in [-0.39, 0.29) is 17.0 Å². The highest BCUT2D eigenvalue weighted by Crippen LogP contribution is 2.60. The predicted molar refractivity (Wildman–Crippen MR) is 210 cm³/mol. The molecule has 3 unspecified atom stereocenters. The lowest BCUT2D eigenvalue weighted by atomic mass is 9.52. The lowest BCUT2D eigenvalue weighted by molar-refractivity contribution is 0.0598. The van der Waals surface area contributed by atoms with Crippen LogP contribution in [-0.2, 0) is 34.3 Å². The van der Waals surface area contributed by atoms with Crippen LogP contribution in [0.3, 0.4) is 0 Å². The Bertz CT molecular complexity index is 2440. The maximum absolute atomic E-state index is 13.7. The van der Waals surface area contributed by atoms with Crippen LogP contribution in [0.1, 0.15) is 70.8 Å². The molecule has 5 aromatic rings. The van der Waals surface area contributed by atoms with Crippen molar-refractivity contribution < 1.29 is 22.7 Å². The van der Waals surface area contributed by atoms with E-state index >= 15 is 0 Å². The average Bonchev–Trinajstić information content (AvgIpc) is 3.71. The van der Waals surface area contributed by atoms with Crippen molar-refractivity contribution in [2.24, 2.45) is 17.3 Å². The van der Waals surface area contributed by atoms with E-state index < -0.39 is 15.9 Å². The summed E-state index contributed by atoms with van der Waals surface area (Å²) in [6.07, 6.45) is 6.39. The van der Waals surface area contributed by atoms with Gasteiger partial charge in [0.2, 0.25) is 10.0 Å². The molecule has 3 atom stereocenters. The van der Waals surface area contributed by atoms with Crippen LogP contribution < -0.4 is 14.9 Å². The number of benzene rings is 2. The molecule has 0 spiro atoms. The molecule has 12 nitrogen and oxygen atoms in total. The Morgan fingerprint density at radius 1 is 1.02 bits per heavy atom. The van der Waals surface area contributed by atoms with Gasteiger partial charge in [-0.1, -0.05) is 49.4 Å². The van der Waals surface area contributed by atoms with E-state index in [1.54, 1.807) is 19.4 Å². The van der Waals surface area contributed by atoms with E-state index in [0.717, 1.165) is 58.3 Å². The zero-order valence-corrected chi connectivity index (χ0v) is 32.6. The number of pyridine rings is 1. The maximum Gasteiger partial charge on any atom is 0.284 e. The van der Waals surface area contributed by atoms with Gasteiger partial charge in [-0.15, -0.1) is 0 Å². The fourth-order valence-electron chi connectivity index (χ4n) is 9.00. The first-order chi connectivity index (χ1) is 25.8. The number of thiazole rings is 1. The highest BCUT2D eigenvalue weighted by atomic mass is 32.2. The number of carbonyl (C=O) groups is 2. The van der Waals surface area contributed by atoms with Gasteiger partial charge < -0.3 is 9.64 Å². The minimum Gasteiger partial charge on any atom is -0.501 e. The summed E-state index contributed by atoms with van der Waals surface area (Å²) in [6, 6.07) is 17.1. The summed E-state index contributed by atoms with van der Waals surface area (Å²) >= 11 is 1.42. The number of allylic oxidation sites excluding steroid dienone is 2. The molecule has 0 bridgehead atoms. The number of anilines is 2. The molecular weight excluding hydrogens is 723 g/mol. The van der Waals surface area contributed by atoms with Crippen molar-refractivity contribution in [2.45, 2.75) is 59.5 Å². The molecule has 3 aromatic heterocycles. The molecule has 2 amide bonds. The molecule has 1 fully saturated rings. The molecule has 54 heavy (non-hydrogen) atoms. The van der Waals surface area contributed by atoms with Crippen molar-refractivity contribution in [3.8, 4) is 11.1 Å². The van der Waals surface area contributed by atoms with Gasteiger partial charge in [-0.2, -0.15) is 5.10 Å². The Morgan fingerprint density at radius 3 is 2.59 bits per heavy atom. The Labute approximate surface area is 318 Å². The summed E-state index contributed by atoms with van der Waals surface area (Å²) < 4.78 is 35.6. The fourth-order valence-corrected chi connectivity index (χ4v) is 10.3. The van der Waals surface area contributed by atoms with Crippen LogP contribution in [-0.4, -0.2) is 59.9 Å². The van der Waals surface area contributed by atoms with Crippen LogP contribution in [0.2, 0.25) is 0 Å². The first kappa shape index (κ1) is 35.9. The van der Waals surface area contributed by atoms with Gasteiger partial charge >= 0.3 is 0 Å². The third-order valence-corrected chi connectivity index (χ3v) is 12.7. The van der Waals surface area contributed by atoms with E-state index in [1.165, 1.54) is 16.9 Å². The van der Waals surface area contributed by atoms with Crippen molar-refractivity contribution in [1.82, 2.24) is 24.5 Å². The smallest absolute Gasteiger partial charge is 0.284 e. The summed E-state index contributed by atoms with van der Waals surface area (Å²) in [5.74, 6) is 1.46. The van der Waals surface area contributed by atoms with Crippen LogP contribution in [0.15, 0.2) is 72.1 Å². The summed E-state index contributed by atoms with van der Waals surface area (Å²) in [6.45, 7) is 8.14. The van der Waals surface area contributed by atoms with E-state index in [1.807, 2.05) is 65.0 Å². The number of amides is 2. The highest BCUT2D eigenvalue weighted by Gasteiger charge is 2.52. The number of methoxy groups -OCH3 is 1. The van der Waals surface area contributed by atoms with Crippen LogP contribution in [0, 0.1) is 24.2 Å². The Hall–Kier alpha value is -5.08. The van der Waals surface area contributed by atoms with Gasteiger partial charge in [-0.05, 0) is 85.1 Å². The predicted octanol–water partition coefficient (Wildman–Crippen LogP) is 6.72. The standard InChI is InChI=1S/C40H43N7O5S2/c1-23-17-32(52-4)35-24(2)19-40(35,18-23)22-47-25(3)29(20-41-47)27-13-14-34(43-36(27)38(49)45-54(5,50)51)46-16-15-26-9-8-10-28(30(26)21-46)37(48)44-39-42-31-11-6-7-12-33(31)53-39/h6-14,20,23-24H,15-19,21-22H2,1-5H3,(H,45,49)(H,42,44,48). The van der Waals surface area contributed by atoms with Gasteiger partial charge in [-0.3, -0.25) is 19.6 Å². The lowest BCUT2D eigenvalue weighted by Crippen LogP contribution is -2.47. The zero-order chi connectivity index (χ0) is 37.9. The zero-order valence-electron chi connectivity index (χ0n) is 31.0. The van der Waals surface area contributed by atoms with Gasteiger partial charge in [0.25, 0.3) is 11.8 Å². The molecule has 1 saturated carbocycles. The van der Waals surface area contributed by atoms with Gasteiger partial charge in [0.05, 0.1) is 42.1 Å². The molecule has 8 rings (SSSR count). The number of aromatic nitrogens is 4. The van der Waals surface area contributed by atoms with Crippen molar-refractivity contribution >= 4 is 54.3 Å². The van der Waals surface area contributed by atoms with E-state index in [2.05, 4.69) is 28.9 Å². The number of rotatable bonds is 9. The summed E-state index contributed by atoms with van der Waals surface area (Å²) in [7, 11) is -2.13. The van der Waals surface area contributed by atoms with E-state index in [0.29, 0.717) is 65.5 Å². The monoisotopic (exact) mass is 765 g/mol. The van der Waals surface area contributed by atoms with E-state index in [9.17, 15) is 18.0 Å². The Morgan fingerprint density at radius 2 is 1.83 bits per heavy atom. The molecule has 4 heterocycles. The van der Waals surface area contributed by atoms with Crippen molar-refractivity contribution in [3.63, 3.8) is 0 Å². The summed E-state index contributed by atoms with van der Waals surface area (Å²) in [5, 5.41) is 8.31. The number of ether oxygens (including phenoxy) is 1. The molecule has 2 aromatic carbocycles. The first-order valence-corrected chi connectivity index (χ1v) is 20.9. The van der Waals surface area contributed by atoms with Crippen molar-refractivity contribution in [2.75, 3.05) is 30.1 Å². The number of hydrogen-bond donors (Lipinski definition) is 2. The largest absolute Gasteiger partial charge is 0.501 e. The van der Waals surface area contributed by atoms with Crippen LogP contribution in [0.25, 0.3) is 21.3 Å². The topological polar surface area (TPSA) is 148 Å². The van der Waals surface area contributed by atoms with Crippen molar-refractivity contribution in [1.29, 1.82) is 0 Å². The molecule has 14 heteroatoms. The number of carbonyl (C=O) groups excluding carboxylic acids is 2. The number of nitrogens with zero attached hydrogens (tertiary/aromatic N) is 5. The van der Waals surface area contributed by atoms with E-state index in [4.69, 9.17) is 14.8 Å². The Balaban J connectivity index is 1.10. The molecule has 1 aliphatic heterocycles. The highest BCUT2D eigenvalue weighted by molar-refractivity contribution is 7.89. The van der Waals surface area contributed by atoms with Gasteiger partial charge in [-0.25, -0.2) is 23.1 Å². The van der Waals surface area contributed by atoms with Crippen LogP contribution >= 0.6 is 11.3 Å². The maximum atomic E-state index is 13.7. The SMILES string of the molecule is COC1=C2C(C)CC2(Cn2ncc(-c3ccc(N4CCc5cccc(C(=O)Nc6nc7ccccc7s6)c5C4)nc3C(=O)NS(C)(=O)=O)c2C)CC(C)C1. The minimum absolute atomic E-state index is 0.0165. The summed E-state index contributed by atoms with van der Waals surface area (Å²) in [5.41, 5.74) is 6.66. The second kappa shape index (κ2) is 13.6. The van der Waals surface area contributed by atoms with Crippen molar-refractivity contribution in [3.05, 3.63) is 100 Å². The third kappa shape index (κ3) is 6.55. The van der Waals surface area contributed by atoms with Gasteiger partial charge in [0, 0.05) is 47.3 Å². The van der Waals surface area contributed by atoms with Gasteiger partial charge in [0.15, 0.2) is 5.13 Å². The third-order valence-electron chi connectivity index (χ3n) is 11.2. The number of para-hydroxylation sites is 1. The van der Waals surface area contributed by atoms with Crippen LogP contribution in [0.4, 0.5) is 10.9 Å². The number of fused-ring (bicyclic) bond motifs is 3. The molecule has 280 valence electrons. The second-order valence-electron chi connectivity index (χ2n) is 15.1. The lowest BCUT2D eigenvalue weighted by Gasteiger charge is -2.54.